The van der Waals surface area contributed by atoms with Gasteiger partial charge in [-0.15, -0.1) is 0 Å². The van der Waals surface area contributed by atoms with E-state index in [2.05, 4.69) is 29.2 Å². The standard InChI is InChI=1S/C16H20N2O2/c1-2-12-5-7-13(8-6-12)15-17-14(20-18-15)11-16(19)9-3-4-10-16/h5-8,19H,2-4,9-11H2,1H3. The van der Waals surface area contributed by atoms with E-state index in [1.54, 1.807) is 0 Å². The van der Waals surface area contributed by atoms with Crippen LogP contribution in [0.2, 0.25) is 0 Å². The molecule has 1 N–H and O–H groups in total. The fraction of sp³-hybridized carbons (Fsp3) is 0.500. The number of hydrogen-bond acceptors (Lipinski definition) is 4. The molecule has 1 aliphatic carbocycles. The Hall–Kier alpha value is -1.68. The second kappa shape index (κ2) is 5.37. The number of aliphatic hydroxyl groups is 1. The first kappa shape index (κ1) is 13.3. The smallest absolute Gasteiger partial charge is 0.229 e. The zero-order chi connectivity index (χ0) is 14.0. The Bertz CT molecular complexity index is 568. The van der Waals surface area contributed by atoms with Crippen molar-refractivity contribution in [2.75, 3.05) is 0 Å². The van der Waals surface area contributed by atoms with E-state index in [9.17, 15) is 5.11 Å². The second-order valence-corrected chi connectivity index (χ2v) is 5.67. The average molecular weight is 272 g/mol. The highest BCUT2D eigenvalue weighted by atomic mass is 16.5. The second-order valence-electron chi connectivity index (χ2n) is 5.67. The summed E-state index contributed by atoms with van der Waals surface area (Å²) in [6.07, 6.45) is 5.30. The minimum atomic E-state index is -0.643. The lowest BCUT2D eigenvalue weighted by molar-refractivity contribution is 0.0402. The fourth-order valence-corrected chi connectivity index (χ4v) is 2.82. The Balaban J connectivity index is 1.75. The molecule has 106 valence electrons. The highest BCUT2D eigenvalue weighted by Gasteiger charge is 2.33. The van der Waals surface area contributed by atoms with Crippen molar-refractivity contribution in [1.82, 2.24) is 10.1 Å². The van der Waals surface area contributed by atoms with E-state index < -0.39 is 5.60 Å². The number of aryl methyl sites for hydroxylation is 1. The molecule has 1 fully saturated rings. The predicted octanol–water partition coefficient (Wildman–Crippen LogP) is 3.15. The van der Waals surface area contributed by atoms with Gasteiger partial charge in [0.1, 0.15) is 0 Å². The molecule has 0 radical (unpaired) electrons. The molecule has 1 heterocycles. The maximum Gasteiger partial charge on any atom is 0.229 e. The SMILES string of the molecule is CCc1ccc(-c2noc(CC3(O)CCCC3)n2)cc1. The maximum atomic E-state index is 10.4. The molecule has 2 aromatic rings. The summed E-state index contributed by atoms with van der Waals surface area (Å²) in [4.78, 5) is 4.41. The molecule has 1 saturated carbocycles. The molecule has 1 aromatic heterocycles. The van der Waals surface area contributed by atoms with Gasteiger partial charge in [-0.2, -0.15) is 4.98 Å². The minimum absolute atomic E-state index is 0.465. The largest absolute Gasteiger partial charge is 0.389 e. The molecule has 3 rings (SSSR count). The van der Waals surface area contributed by atoms with E-state index in [1.165, 1.54) is 5.56 Å². The Kier molecular flexibility index (Phi) is 3.57. The normalized spacial score (nSPS) is 17.5. The van der Waals surface area contributed by atoms with Gasteiger partial charge in [0.2, 0.25) is 11.7 Å². The van der Waals surface area contributed by atoms with Crippen molar-refractivity contribution < 1.29 is 9.63 Å². The van der Waals surface area contributed by atoms with Gasteiger partial charge in [-0.25, -0.2) is 0 Å². The summed E-state index contributed by atoms with van der Waals surface area (Å²) in [5, 5.41) is 14.4. The van der Waals surface area contributed by atoms with Crippen molar-refractivity contribution in [3.05, 3.63) is 35.7 Å². The molecular formula is C16H20N2O2. The molecular weight excluding hydrogens is 252 g/mol. The molecule has 0 amide bonds. The maximum absolute atomic E-state index is 10.4. The van der Waals surface area contributed by atoms with E-state index in [1.807, 2.05) is 12.1 Å². The molecule has 4 heteroatoms. The van der Waals surface area contributed by atoms with Crippen LogP contribution >= 0.6 is 0 Å². The third-order valence-electron chi connectivity index (χ3n) is 4.10. The lowest BCUT2D eigenvalue weighted by Crippen LogP contribution is -2.27. The van der Waals surface area contributed by atoms with Gasteiger partial charge in [0.05, 0.1) is 12.0 Å². The molecule has 0 bridgehead atoms. The van der Waals surface area contributed by atoms with Crippen molar-refractivity contribution in [2.45, 2.75) is 51.0 Å². The molecule has 0 aliphatic heterocycles. The molecule has 0 spiro atoms. The zero-order valence-electron chi connectivity index (χ0n) is 11.8. The van der Waals surface area contributed by atoms with Gasteiger partial charge in [0.15, 0.2) is 0 Å². The molecule has 20 heavy (non-hydrogen) atoms. The summed E-state index contributed by atoms with van der Waals surface area (Å²) in [5.74, 6) is 1.13. The Morgan fingerprint density at radius 3 is 2.55 bits per heavy atom. The van der Waals surface area contributed by atoms with E-state index in [0.717, 1.165) is 37.7 Å². The zero-order valence-corrected chi connectivity index (χ0v) is 11.8. The first-order valence-electron chi connectivity index (χ1n) is 7.33. The van der Waals surface area contributed by atoms with Gasteiger partial charge in [-0.3, -0.25) is 0 Å². The van der Waals surface area contributed by atoms with Gasteiger partial charge < -0.3 is 9.63 Å². The average Bonchev–Trinajstić information content (AvgIpc) is 3.09. The highest BCUT2D eigenvalue weighted by molar-refractivity contribution is 5.54. The van der Waals surface area contributed by atoms with Crippen LogP contribution in [-0.2, 0) is 12.8 Å². The first-order valence-corrected chi connectivity index (χ1v) is 7.33. The van der Waals surface area contributed by atoms with E-state index in [4.69, 9.17) is 4.52 Å². The fourth-order valence-electron chi connectivity index (χ4n) is 2.82. The topological polar surface area (TPSA) is 59.2 Å². The lowest BCUT2D eigenvalue weighted by atomic mass is 9.98. The number of aromatic nitrogens is 2. The summed E-state index contributed by atoms with van der Waals surface area (Å²) in [6, 6.07) is 8.18. The van der Waals surface area contributed by atoms with Crippen LogP contribution in [0, 0.1) is 0 Å². The van der Waals surface area contributed by atoms with Crippen molar-refractivity contribution >= 4 is 0 Å². The third-order valence-corrected chi connectivity index (χ3v) is 4.10. The molecule has 4 nitrogen and oxygen atoms in total. The minimum Gasteiger partial charge on any atom is -0.389 e. The Morgan fingerprint density at radius 2 is 1.90 bits per heavy atom. The van der Waals surface area contributed by atoms with E-state index in [0.29, 0.717) is 18.1 Å². The van der Waals surface area contributed by atoms with Gasteiger partial charge in [-0.05, 0) is 24.8 Å². The number of benzene rings is 1. The van der Waals surface area contributed by atoms with Gasteiger partial charge in [0, 0.05) is 5.56 Å². The van der Waals surface area contributed by atoms with Crippen molar-refractivity contribution in [1.29, 1.82) is 0 Å². The van der Waals surface area contributed by atoms with Crippen molar-refractivity contribution in [3.63, 3.8) is 0 Å². The van der Waals surface area contributed by atoms with Gasteiger partial charge in [-0.1, -0.05) is 49.2 Å². The Morgan fingerprint density at radius 1 is 1.20 bits per heavy atom. The lowest BCUT2D eigenvalue weighted by Gasteiger charge is -2.18. The predicted molar refractivity (Wildman–Crippen MR) is 76.2 cm³/mol. The molecule has 1 aromatic carbocycles. The van der Waals surface area contributed by atoms with Gasteiger partial charge in [0.25, 0.3) is 0 Å². The monoisotopic (exact) mass is 272 g/mol. The molecule has 0 saturated heterocycles. The van der Waals surface area contributed by atoms with Crippen LogP contribution < -0.4 is 0 Å². The number of rotatable bonds is 4. The van der Waals surface area contributed by atoms with Crippen LogP contribution in [0.3, 0.4) is 0 Å². The van der Waals surface area contributed by atoms with Crippen molar-refractivity contribution in [2.24, 2.45) is 0 Å². The van der Waals surface area contributed by atoms with Crippen molar-refractivity contribution in [3.8, 4) is 11.4 Å². The summed E-state index contributed by atoms with van der Waals surface area (Å²) in [6.45, 7) is 2.13. The Labute approximate surface area is 118 Å². The summed E-state index contributed by atoms with van der Waals surface area (Å²) in [7, 11) is 0. The molecule has 0 unspecified atom stereocenters. The van der Waals surface area contributed by atoms with Crippen LogP contribution in [-0.4, -0.2) is 20.8 Å². The van der Waals surface area contributed by atoms with Crippen LogP contribution in [0.25, 0.3) is 11.4 Å². The number of nitrogens with zero attached hydrogens (tertiary/aromatic N) is 2. The third kappa shape index (κ3) is 2.75. The van der Waals surface area contributed by atoms with E-state index >= 15 is 0 Å². The molecule has 0 atom stereocenters. The summed E-state index contributed by atoms with van der Waals surface area (Å²) >= 11 is 0. The summed E-state index contributed by atoms with van der Waals surface area (Å²) < 4.78 is 5.28. The number of hydrogen-bond donors (Lipinski definition) is 1. The van der Waals surface area contributed by atoms with E-state index in [-0.39, 0.29) is 0 Å². The quantitative estimate of drug-likeness (QED) is 0.928. The highest BCUT2D eigenvalue weighted by Crippen LogP contribution is 2.32. The molecule has 1 aliphatic rings. The first-order chi connectivity index (χ1) is 9.68. The van der Waals surface area contributed by atoms with Crippen LogP contribution in [0.4, 0.5) is 0 Å². The van der Waals surface area contributed by atoms with Gasteiger partial charge >= 0.3 is 0 Å². The van der Waals surface area contributed by atoms with Crippen LogP contribution in [0.1, 0.15) is 44.1 Å². The summed E-state index contributed by atoms with van der Waals surface area (Å²) in [5.41, 5.74) is 1.60. The van der Waals surface area contributed by atoms with Crippen LogP contribution in [0.15, 0.2) is 28.8 Å². The van der Waals surface area contributed by atoms with Crippen LogP contribution in [0.5, 0.6) is 0 Å².